The predicted molar refractivity (Wildman–Crippen MR) is 179 cm³/mol. The number of rotatable bonds is 12. The molecule has 5 rings (SSSR count). The van der Waals surface area contributed by atoms with E-state index in [0.717, 1.165) is 18.4 Å². The Labute approximate surface area is 287 Å². The average Bonchev–Trinajstić information content (AvgIpc) is 3.65. The predicted octanol–water partition coefficient (Wildman–Crippen LogP) is 4.87. The van der Waals surface area contributed by atoms with Crippen LogP contribution >= 0.6 is 45.8 Å². The summed E-state index contributed by atoms with van der Waals surface area (Å²) in [4.78, 5) is 29.2. The maximum atomic E-state index is 14.2. The summed E-state index contributed by atoms with van der Waals surface area (Å²) >= 11 is 14.6. The summed E-state index contributed by atoms with van der Waals surface area (Å²) in [7, 11) is 1.48. The largest absolute Gasteiger partial charge is 0.493 e. The van der Waals surface area contributed by atoms with Crippen LogP contribution in [0.4, 0.5) is 0 Å². The molecule has 2 saturated carbocycles. The highest BCUT2D eigenvalue weighted by molar-refractivity contribution is 14.1. The van der Waals surface area contributed by atoms with Crippen molar-refractivity contribution in [2.45, 2.75) is 69.9 Å². The quantitative estimate of drug-likeness (QED) is 0.227. The van der Waals surface area contributed by atoms with Gasteiger partial charge in [0.15, 0.2) is 11.5 Å². The summed E-state index contributed by atoms with van der Waals surface area (Å²) in [5.74, 6) is 1.69. The molecule has 3 aliphatic carbocycles. The van der Waals surface area contributed by atoms with Gasteiger partial charge in [0.05, 0.1) is 40.0 Å². The second-order valence-electron chi connectivity index (χ2n) is 12.2. The molecular formula is C33H39Cl2IN2O7. The first-order chi connectivity index (χ1) is 21.6. The van der Waals surface area contributed by atoms with E-state index in [9.17, 15) is 24.9 Å². The fourth-order valence-corrected chi connectivity index (χ4v) is 8.20. The number of nitrogens with one attached hydrogen (secondary N) is 1. The van der Waals surface area contributed by atoms with Gasteiger partial charge in [-0.3, -0.25) is 9.59 Å². The van der Waals surface area contributed by atoms with E-state index in [0.29, 0.717) is 60.4 Å². The molecular weight excluding hydrogens is 734 g/mol. The maximum Gasteiger partial charge on any atom is 0.247 e. The molecule has 2 bridgehead atoms. The number of hydrogen-bond acceptors (Lipinski definition) is 7. The van der Waals surface area contributed by atoms with Gasteiger partial charge in [-0.2, -0.15) is 0 Å². The third-order valence-electron chi connectivity index (χ3n) is 9.32. The Morgan fingerprint density at radius 2 is 1.89 bits per heavy atom. The third-order valence-corrected chi connectivity index (χ3v) is 10.9. The molecule has 0 saturated heterocycles. The fourth-order valence-electron chi connectivity index (χ4n) is 7.09. The highest BCUT2D eigenvalue weighted by atomic mass is 127. The first-order valence-electron chi connectivity index (χ1n) is 15.3. The van der Waals surface area contributed by atoms with Crippen molar-refractivity contribution >= 4 is 57.6 Å². The number of carbonyl (C=O) groups is 2. The number of methoxy groups -OCH3 is 1. The zero-order chi connectivity index (χ0) is 32.2. The van der Waals surface area contributed by atoms with Gasteiger partial charge in [-0.05, 0) is 101 Å². The van der Waals surface area contributed by atoms with Gasteiger partial charge in [-0.25, -0.2) is 0 Å². The Hall–Kier alpha value is -2.09. The molecule has 3 aliphatic rings. The molecule has 4 N–H and O–H groups in total. The number of benzene rings is 2. The molecule has 2 amide bonds. The Bertz CT molecular complexity index is 1440. The lowest BCUT2D eigenvalue weighted by atomic mass is 9.84. The van der Waals surface area contributed by atoms with Crippen LogP contribution in [0.3, 0.4) is 0 Å². The molecule has 2 fully saturated rings. The first kappa shape index (κ1) is 34.3. The molecule has 12 heteroatoms. The normalized spacial score (nSPS) is 25.5. The van der Waals surface area contributed by atoms with Crippen molar-refractivity contribution < 1.29 is 34.4 Å². The number of nitrogens with zero attached hydrogens (tertiary/aromatic N) is 1. The molecule has 244 valence electrons. The second-order valence-corrected chi connectivity index (χ2v) is 14.2. The summed E-state index contributed by atoms with van der Waals surface area (Å²) in [5.41, 5.74) is 1.70. The number of aliphatic hydroxyl groups excluding tert-OH is 3. The van der Waals surface area contributed by atoms with Gasteiger partial charge in [0, 0.05) is 31.5 Å². The number of halogens is 3. The summed E-state index contributed by atoms with van der Waals surface area (Å²) < 4.78 is 12.6. The smallest absolute Gasteiger partial charge is 0.247 e. The lowest BCUT2D eigenvalue weighted by Gasteiger charge is -2.41. The van der Waals surface area contributed by atoms with Crippen molar-refractivity contribution in [1.29, 1.82) is 0 Å². The van der Waals surface area contributed by atoms with Crippen molar-refractivity contribution in [2.24, 2.45) is 17.8 Å². The highest BCUT2D eigenvalue weighted by Gasteiger charge is 2.44. The average molecular weight is 773 g/mol. The van der Waals surface area contributed by atoms with Crippen LogP contribution in [0.5, 0.6) is 11.5 Å². The van der Waals surface area contributed by atoms with E-state index in [-0.39, 0.29) is 38.6 Å². The minimum absolute atomic E-state index is 0.0550. The molecule has 2 aromatic rings. The van der Waals surface area contributed by atoms with Crippen LogP contribution in [0.2, 0.25) is 10.0 Å². The van der Waals surface area contributed by atoms with Crippen LogP contribution in [0.1, 0.15) is 49.7 Å². The standard InChI is InChI=1S/C33H39Cl2IN2O7/c1-44-29-12-20(17-40)11-26(36)32(29)45-28-14-23(33(43)37-6-7-39)13-27(31(28)42)38(16-19-3-5-24(34)25(35)10-19)30(41)15-22-9-18-2-4-21(22)8-18/h3,5,10-12,14,18,21-22,27-28,31,39-40,42H,2,4,6-9,13,15-17H2,1H3,(H,37,43). The minimum Gasteiger partial charge on any atom is -0.493 e. The van der Waals surface area contributed by atoms with E-state index in [1.807, 2.05) is 0 Å². The van der Waals surface area contributed by atoms with Crippen LogP contribution in [0.25, 0.3) is 0 Å². The monoisotopic (exact) mass is 772 g/mol. The van der Waals surface area contributed by atoms with E-state index in [1.54, 1.807) is 41.3 Å². The molecule has 6 atom stereocenters. The number of ether oxygens (including phenoxy) is 2. The Morgan fingerprint density at radius 3 is 2.53 bits per heavy atom. The number of amides is 2. The van der Waals surface area contributed by atoms with E-state index in [2.05, 4.69) is 27.9 Å². The minimum atomic E-state index is -1.20. The van der Waals surface area contributed by atoms with Crippen molar-refractivity contribution in [3.8, 4) is 11.5 Å². The Kier molecular flexibility index (Phi) is 11.6. The van der Waals surface area contributed by atoms with Gasteiger partial charge < -0.3 is 35.0 Å². The van der Waals surface area contributed by atoms with Gasteiger partial charge in [0.25, 0.3) is 0 Å². The summed E-state index contributed by atoms with van der Waals surface area (Å²) in [6.45, 7) is -0.213. The van der Waals surface area contributed by atoms with Gasteiger partial charge >= 0.3 is 0 Å². The summed E-state index contributed by atoms with van der Waals surface area (Å²) in [6, 6.07) is 7.79. The van der Waals surface area contributed by atoms with Crippen LogP contribution in [0.15, 0.2) is 42.0 Å². The maximum absolute atomic E-state index is 14.2. The second kappa shape index (κ2) is 15.2. The summed E-state index contributed by atoms with van der Waals surface area (Å²) in [6.07, 6.45) is 4.36. The summed E-state index contributed by atoms with van der Waals surface area (Å²) in [5, 5.41) is 34.4. The molecule has 0 aliphatic heterocycles. The van der Waals surface area contributed by atoms with Crippen LogP contribution in [0, 0.1) is 21.3 Å². The van der Waals surface area contributed by atoms with Crippen molar-refractivity contribution in [1.82, 2.24) is 10.2 Å². The van der Waals surface area contributed by atoms with Crippen molar-refractivity contribution in [3.05, 3.63) is 66.7 Å². The SMILES string of the molecule is COc1cc(CO)cc(I)c1OC1C=C(C(=O)NCCO)CC(N(Cc2ccc(Cl)c(Cl)c2)C(=O)CC2CC3CCC2C3)C1O. The molecule has 45 heavy (non-hydrogen) atoms. The highest BCUT2D eigenvalue weighted by Crippen LogP contribution is 2.50. The lowest BCUT2D eigenvalue weighted by Crippen LogP contribution is -2.55. The van der Waals surface area contributed by atoms with Crippen LogP contribution < -0.4 is 14.8 Å². The van der Waals surface area contributed by atoms with Gasteiger partial charge in [-0.15, -0.1) is 0 Å². The van der Waals surface area contributed by atoms with Crippen LogP contribution in [-0.4, -0.2) is 70.5 Å². The van der Waals surface area contributed by atoms with E-state index < -0.39 is 24.2 Å². The third kappa shape index (κ3) is 7.90. The van der Waals surface area contributed by atoms with Gasteiger partial charge in [0.2, 0.25) is 11.8 Å². The van der Waals surface area contributed by atoms with Crippen molar-refractivity contribution in [3.63, 3.8) is 0 Å². The van der Waals surface area contributed by atoms with E-state index >= 15 is 0 Å². The first-order valence-corrected chi connectivity index (χ1v) is 17.1. The zero-order valence-electron chi connectivity index (χ0n) is 25.1. The number of fused-ring (bicyclic) bond motifs is 2. The van der Waals surface area contributed by atoms with Gasteiger partial charge in [0.1, 0.15) is 12.2 Å². The molecule has 2 aromatic carbocycles. The Morgan fingerprint density at radius 1 is 1.09 bits per heavy atom. The molecule has 0 aromatic heterocycles. The lowest BCUT2D eigenvalue weighted by molar-refractivity contribution is -0.141. The molecule has 0 spiro atoms. The number of carbonyl (C=O) groups excluding carboxylic acids is 2. The molecule has 9 nitrogen and oxygen atoms in total. The number of aliphatic hydroxyl groups is 3. The fraction of sp³-hybridized carbons (Fsp3) is 0.515. The number of hydrogen-bond donors (Lipinski definition) is 4. The zero-order valence-corrected chi connectivity index (χ0v) is 28.7. The molecule has 0 heterocycles. The Balaban J connectivity index is 1.50. The van der Waals surface area contributed by atoms with Crippen molar-refractivity contribution in [2.75, 3.05) is 20.3 Å². The topological polar surface area (TPSA) is 129 Å². The van der Waals surface area contributed by atoms with Crippen LogP contribution in [-0.2, 0) is 22.7 Å². The van der Waals surface area contributed by atoms with E-state index in [4.69, 9.17) is 32.7 Å². The molecule has 0 radical (unpaired) electrons. The van der Waals surface area contributed by atoms with Gasteiger partial charge in [-0.1, -0.05) is 35.7 Å². The molecule has 6 unspecified atom stereocenters. The van der Waals surface area contributed by atoms with E-state index in [1.165, 1.54) is 20.0 Å².